The Labute approximate surface area is 157 Å². The van der Waals surface area contributed by atoms with Crippen molar-refractivity contribution >= 4 is 40.3 Å². The minimum Gasteiger partial charge on any atom is -0.481 e. The Morgan fingerprint density at radius 2 is 1.75 bits per heavy atom. The van der Waals surface area contributed by atoms with Gasteiger partial charge in [-0.15, -0.1) is 0 Å². The maximum Gasteiger partial charge on any atom is 0.394 e. The van der Waals surface area contributed by atoms with E-state index in [-0.39, 0.29) is 29.9 Å². The van der Waals surface area contributed by atoms with Gasteiger partial charge in [-0.05, 0) is 30.7 Å². The van der Waals surface area contributed by atoms with Gasteiger partial charge < -0.3 is 19.9 Å². The first-order valence-electron chi connectivity index (χ1n) is 8.13. The van der Waals surface area contributed by atoms with Crippen LogP contribution >= 0.6 is 0 Å². The van der Waals surface area contributed by atoms with E-state index in [1.54, 1.807) is 0 Å². The number of ketones is 1. The molecule has 3 aromatic rings. The Bertz CT molecular complexity index is 1090. The maximum atomic E-state index is 12.8. The Hall–Kier alpha value is -4.01. The number of nitrogens with one attached hydrogen (secondary N) is 1. The van der Waals surface area contributed by atoms with E-state index >= 15 is 0 Å². The van der Waals surface area contributed by atoms with E-state index in [9.17, 15) is 19.2 Å². The normalized spacial score (nSPS) is 10.6. The van der Waals surface area contributed by atoms with Gasteiger partial charge in [0.2, 0.25) is 5.78 Å². The van der Waals surface area contributed by atoms with E-state index < -0.39 is 23.6 Å². The highest BCUT2D eigenvalue weighted by Crippen LogP contribution is 2.31. The fourth-order valence-electron chi connectivity index (χ4n) is 2.71. The molecule has 0 radical (unpaired) electrons. The Balaban J connectivity index is 2.06. The van der Waals surface area contributed by atoms with Gasteiger partial charge in [0.1, 0.15) is 5.58 Å². The van der Waals surface area contributed by atoms with E-state index in [1.165, 1.54) is 42.7 Å². The third-order valence-electron chi connectivity index (χ3n) is 3.98. The van der Waals surface area contributed by atoms with Crippen LogP contribution in [0.15, 0.2) is 47.1 Å². The molecule has 1 aromatic carbocycles. The molecule has 0 aliphatic carbocycles. The lowest BCUT2D eigenvalue weighted by molar-refractivity contribution is -0.147. The van der Waals surface area contributed by atoms with Crippen molar-refractivity contribution in [3.63, 3.8) is 0 Å². The van der Waals surface area contributed by atoms with Crippen molar-refractivity contribution < 1.29 is 33.8 Å². The molecule has 0 atom stereocenters. The topological polar surface area (TPSA) is 147 Å². The van der Waals surface area contributed by atoms with Gasteiger partial charge in [0.25, 0.3) is 0 Å². The highest BCUT2D eigenvalue weighted by Gasteiger charge is 2.23. The summed E-state index contributed by atoms with van der Waals surface area (Å²) in [6, 6.07) is 7.38. The summed E-state index contributed by atoms with van der Waals surface area (Å²) in [5, 5.41) is 20.4. The lowest BCUT2D eigenvalue weighted by Gasteiger charge is -2.02. The first-order chi connectivity index (χ1) is 13.4. The summed E-state index contributed by atoms with van der Waals surface area (Å²) >= 11 is 0. The predicted molar refractivity (Wildman–Crippen MR) is 96.1 cm³/mol. The zero-order valence-corrected chi connectivity index (χ0v) is 14.3. The van der Waals surface area contributed by atoms with E-state index in [2.05, 4.69) is 10.3 Å². The SMILES string of the molecule is O=C(O)CCc1c(C(=O)c2ccncc2)oc2cc(NC(=O)C(=O)O)ccc12. The quantitative estimate of drug-likeness (QED) is 0.434. The van der Waals surface area contributed by atoms with Gasteiger partial charge in [0.15, 0.2) is 5.76 Å². The van der Waals surface area contributed by atoms with Crippen LogP contribution in [0.2, 0.25) is 0 Å². The summed E-state index contributed by atoms with van der Waals surface area (Å²) in [4.78, 5) is 49.7. The number of hydrogen-bond donors (Lipinski definition) is 3. The van der Waals surface area contributed by atoms with Gasteiger partial charge in [0, 0.05) is 47.1 Å². The molecule has 0 aliphatic heterocycles. The predicted octanol–water partition coefficient (Wildman–Crippen LogP) is 2.10. The zero-order valence-electron chi connectivity index (χ0n) is 14.3. The second kappa shape index (κ2) is 7.70. The zero-order chi connectivity index (χ0) is 20.3. The molecule has 9 nitrogen and oxygen atoms in total. The van der Waals surface area contributed by atoms with Crippen molar-refractivity contribution in [3.8, 4) is 0 Å². The third-order valence-corrected chi connectivity index (χ3v) is 3.98. The number of anilines is 1. The molecule has 9 heteroatoms. The van der Waals surface area contributed by atoms with Gasteiger partial charge in [-0.25, -0.2) is 4.79 Å². The van der Waals surface area contributed by atoms with Crippen molar-refractivity contribution in [1.82, 2.24) is 4.98 Å². The summed E-state index contributed by atoms with van der Waals surface area (Å²) in [5.41, 5.74) is 1.14. The Morgan fingerprint density at radius 3 is 2.39 bits per heavy atom. The number of aromatic nitrogens is 1. The largest absolute Gasteiger partial charge is 0.481 e. The molecule has 2 aromatic heterocycles. The van der Waals surface area contributed by atoms with Crippen LogP contribution in [0, 0.1) is 0 Å². The molecule has 28 heavy (non-hydrogen) atoms. The number of carboxylic acids is 2. The van der Waals surface area contributed by atoms with Crippen molar-refractivity contribution in [1.29, 1.82) is 0 Å². The first kappa shape index (κ1) is 18.8. The number of amides is 1. The van der Waals surface area contributed by atoms with Gasteiger partial charge in [-0.3, -0.25) is 19.4 Å². The summed E-state index contributed by atoms with van der Waals surface area (Å²) in [5.74, 6) is -4.33. The highest BCUT2D eigenvalue weighted by atomic mass is 16.4. The molecule has 2 heterocycles. The molecule has 1 amide bonds. The van der Waals surface area contributed by atoms with Crippen LogP contribution in [0.25, 0.3) is 11.0 Å². The van der Waals surface area contributed by atoms with Crippen molar-refractivity contribution in [2.45, 2.75) is 12.8 Å². The standard InChI is InChI=1S/C19H14N2O7/c22-15(23)4-3-13-12-2-1-11(21-18(25)19(26)27)9-14(12)28-17(13)16(24)10-5-7-20-8-6-10/h1-2,5-9H,3-4H2,(H,21,25)(H,22,23)(H,26,27). The summed E-state index contributed by atoms with van der Waals surface area (Å²) in [6.07, 6.45) is 2.76. The summed E-state index contributed by atoms with van der Waals surface area (Å²) in [6.45, 7) is 0. The van der Waals surface area contributed by atoms with Gasteiger partial charge in [0.05, 0.1) is 0 Å². The number of carbonyl (C=O) groups excluding carboxylic acids is 2. The van der Waals surface area contributed by atoms with Crippen LogP contribution in [0.3, 0.4) is 0 Å². The number of rotatable bonds is 6. The molecule has 3 N–H and O–H groups in total. The number of aliphatic carboxylic acids is 2. The fourth-order valence-corrected chi connectivity index (χ4v) is 2.71. The first-order valence-corrected chi connectivity index (χ1v) is 8.13. The van der Waals surface area contributed by atoms with Crippen molar-refractivity contribution in [3.05, 3.63) is 59.6 Å². The van der Waals surface area contributed by atoms with Crippen molar-refractivity contribution in [2.75, 3.05) is 5.32 Å². The van der Waals surface area contributed by atoms with Crippen LogP contribution in [0.5, 0.6) is 0 Å². The number of nitrogens with zero attached hydrogens (tertiary/aromatic N) is 1. The van der Waals surface area contributed by atoms with Crippen molar-refractivity contribution in [2.24, 2.45) is 0 Å². The fraction of sp³-hybridized carbons (Fsp3) is 0.105. The molecule has 0 aliphatic rings. The Kier molecular flexibility index (Phi) is 5.16. The molecular formula is C19H14N2O7. The van der Waals surface area contributed by atoms with Gasteiger partial charge in [-0.2, -0.15) is 0 Å². The molecule has 142 valence electrons. The van der Waals surface area contributed by atoms with Crippen LogP contribution < -0.4 is 5.32 Å². The molecule has 0 fully saturated rings. The number of furan rings is 1. The number of aryl methyl sites for hydroxylation is 1. The number of fused-ring (bicyclic) bond motifs is 1. The van der Waals surface area contributed by atoms with Crippen LogP contribution in [-0.2, 0) is 20.8 Å². The lowest BCUT2D eigenvalue weighted by Crippen LogP contribution is -2.21. The minimum atomic E-state index is -1.64. The van der Waals surface area contributed by atoms with Gasteiger partial charge >= 0.3 is 17.8 Å². The number of carbonyl (C=O) groups is 4. The molecule has 0 saturated heterocycles. The smallest absolute Gasteiger partial charge is 0.394 e. The van der Waals surface area contributed by atoms with Crippen LogP contribution in [0.1, 0.15) is 28.1 Å². The maximum absolute atomic E-state index is 12.8. The lowest BCUT2D eigenvalue weighted by atomic mass is 10.0. The second-order valence-electron chi connectivity index (χ2n) is 5.84. The number of hydrogen-bond acceptors (Lipinski definition) is 6. The average molecular weight is 382 g/mol. The molecule has 0 saturated carbocycles. The molecule has 0 spiro atoms. The van der Waals surface area contributed by atoms with E-state index in [0.29, 0.717) is 16.5 Å². The monoisotopic (exact) mass is 382 g/mol. The number of carboxylic acid groups (broad SMARTS) is 2. The van der Waals surface area contributed by atoms with E-state index in [4.69, 9.17) is 14.6 Å². The number of pyridine rings is 1. The van der Waals surface area contributed by atoms with Gasteiger partial charge in [-0.1, -0.05) is 0 Å². The molecule has 0 bridgehead atoms. The molecular weight excluding hydrogens is 368 g/mol. The number of benzene rings is 1. The third kappa shape index (κ3) is 3.88. The average Bonchev–Trinajstić information content (AvgIpc) is 3.04. The minimum absolute atomic E-state index is 0.0100. The van der Waals surface area contributed by atoms with E-state index in [1.807, 2.05) is 0 Å². The Morgan fingerprint density at radius 1 is 1.04 bits per heavy atom. The highest BCUT2D eigenvalue weighted by molar-refractivity contribution is 6.36. The van der Waals surface area contributed by atoms with Crippen LogP contribution in [-0.4, -0.2) is 38.8 Å². The molecule has 0 unspecified atom stereocenters. The molecule has 3 rings (SSSR count). The summed E-state index contributed by atoms with van der Waals surface area (Å²) in [7, 11) is 0. The van der Waals surface area contributed by atoms with Crippen LogP contribution in [0.4, 0.5) is 5.69 Å². The summed E-state index contributed by atoms with van der Waals surface area (Å²) < 4.78 is 5.67. The van der Waals surface area contributed by atoms with E-state index in [0.717, 1.165) is 0 Å². The second-order valence-corrected chi connectivity index (χ2v) is 5.84.